The number of β-lactam (4-membered cyclic amide) rings is 1. The van der Waals surface area contributed by atoms with Crippen molar-refractivity contribution >= 4 is 64.5 Å². The second-order valence-electron chi connectivity index (χ2n) is 8.67. The van der Waals surface area contributed by atoms with Crippen molar-refractivity contribution in [1.82, 2.24) is 29.6 Å². The standard InChI is InChI=1S/C23H19ClN6O8S2/c24-12-3-1-10(2-4-12)18(33)19(34)25-16-20(35)29-17(22(36)37)11(9-40-21(16)29)8-39-14-6-5-13-26-28(7-15(31)32)23(38)30(13)27-14/h1-6,16,18,21,33H,7-9H2,(H,25,34)(H,31,32)(H,36,37)/t16?,18-,21-/m1/s1. The number of benzene rings is 1. The zero-order valence-electron chi connectivity index (χ0n) is 20.1. The number of thioether (sulfide) groups is 2. The van der Waals surface area contributed by atoms with Crippen LogP contribution in [-0.2, 0) is 25.7 Å². The molecule has 40 heavy (non-hydrogen) atoms. The maximum Gasteiger partial charge on any atom is 0.367 e. The van der Waals surface area contributed by atoms with Crippen LogP contribution in [0.5, 0.6) is 0 Å². The van der Waals surface area contributed by atoms with Crippen LogP contribution < -0.4 is 11.0 Å². The van der Waals surface area contributed by atoms with Gasteiger partial charge >= 0.3 is 17.6 Å². The molecule has 3 aromatic rings. The van der Waals surface area contributed by atoms with Gasteiger partial charge in [0, 0.05) is 16.5 Å². The third kappa shape index (κ3) is 5.17. The molecule has 1 aromatic carbocycles. The number of nitrogens with one attached hydrogen (secondary N) is 1. The van der Waals surface area contributed by atoms with E-state index in [-0.39, 0.29) is 28.4 Å². The van der Waals surface area contributed by atoms with Crippen LogP contribution in [0.1, 0.15) is 11.7 Å². The molecule has 0 spiro atoms. The number of rotatable bonds is 9. The van der Waals surface area contributed by atoms with Crippen molar-refractivity contribution in [2.75, 3.05) is 11.5 Å². The number of carboxylic acid groups (broad SMARTS) is 2. The number of hydrogen-bond donors (Lipinski definition) is 4. The molecular weight excluding hydrogens is 588 g/mol. The Hall–Kier alpha value is -3.86. The molecule has 1 fully saturated rings. The van der Waals surface area contributed by atoms with E-state index in [0.29, 0.717) is 15.6 Å². The summed E-state index contributed by atoms with van der Waals surface area (Å²) < 4.78 is 1.72. The Morgan fingerprint density at radius 3 is 2.52 bits per heavy atom. The second kappa shape index (κ2) is 11.0. The van der Waals surface area contributed by atoms with Gasteiger partial charge in [0.1, 0.15) is 28.7 Å². The van der Waals surface area contributed by atoms with Crippen molar-refractivity contribution in [2.24, 2.45) is 0 Å². The van der Waals surface area contributed by atoms with Gasteiger partial charge in [-0.25, -0.2) is 9.59 Å². The number of halogens is 1. The average molecular weight is 607 g/mol. The fourth-order valence-corrected chi connectivity index (χ4v) is 6.65. The number of carboxylic acids is 2. The molecule has 1 saturated heterocycles. The van der Waals surface area contributed by atoms with E-state index >= 15 is 0 Å². The predicted molar refractivity (Wildman–Crippen MR) is 142 cm³/mol. The predicted octanol–water partition coefficient (Wildman–Crippen LogP) is 0.193. The SMILES string of the molecule is O=C(O)Cn1nc2ccc(SCC3=C(C(=O)O)N4C(=O)C(NC(=O)[C@H](O)c5ccc(Cl)cc5)[C@H]4SC3)nn2c1=O. The number of carbonyl (C=O) groups is 4. The highest BCUT2D eigenvalue weighted by Crippen LogP contribution is 2.41. The molecule has 2 aliphatic rings. The minimum Gasteiger partial charge on any atom is -0.480 e. The maximum absolute atomic E-state index is 12.9. The van der Waals surface area contributed by atoms with Gasteiger partial charge < -0.3 is 20.6 Å². The quantitative estimate of drug-likeness (QED) is 0.191. The van der Waals surface area contributed by atoms with Crippen molar-refractivity contribution in [2.45, 2.75) is 29.1 Å². The first-order valence-corrected chi connectivity index (χ1v) is 13.9. The van der Waals surface area contributed by atoms with E-state index in [2.05, 4.69) is 15.5 Å². The lowest BCUT2D eigenvalue weighted by molar-refractivity contribution is -0.151. The summed E-state index contributed by atoms with van der Waals surface area (Å²) in [6.07, 6.45) is -1.54. The number of nitrogens with zero attached hydrogens (tertiary/aromatic N) is 5. The molecule has 0 saturated carbocycles. The molecule has 2 aliphatic heterocycles. The van der Waals surface area contributed by atoms with Gasteiger partial charge in [-0.15, -0.1) is 28.6 Å². The van der Waals surface area contributed by atoms with Gasteiger partial charge in [-0.2, -0.15) is 14.3 Å². The molecule has 0 radical (unpaired) electrons. The molecular formula is C23H19ClN6O8S2. The van der Waals surface area contributed by atoms with E-state index in [1.807, 2.05) is 0 Å². The molecule has 0 aliphatic carbocycles. The molecule has 2 aromatic heterocycles. The molecule has 3 atom stereocenters. The lowest BCUT2D eigenvalue weighted by Crippen LogP contribution is -2.70. The number of aliphatic hydroxyl groups is 1. The molecule has 1 unspecified atom stereocenters. The van der Waals surface area contributed by atoms with E-state index in [1.165, 1.54) is 42.1 Å². The lowest BCUT2D eigenvalue weighted by Gasteiger charge is -2.49. The molecule has 5 rings (SSSR count). The number of aliphatic hydroxyl groups excluding tert-OH is 1. The first-order chi connectivity index (χ1) is 19.0. The maximum atomic E-state index is 12.9. The minimum atomic E-state index is -1.54. The molecule has 17 heteroatoms. The first-order valence-electron chi connectivity index (χ1n) is 11.5. The van der Waals surface area contributed by atoms with Crippen LogP contribution in [0, 0.1) is 0 Å². The monoisotopic (exact) mass is 606 g/mol. The highest BCUT2D eigenvalue weighted by Gasteiger charge is 2.54. The summed E-state index contributed by atoms with van der Waals surface area (Å²) in [6, 6.07) is 8.03. The Kier molecular flexibility index (Phi) is 7.59. The van der Waals surface area contributed by atoms with Crippen LogP contribution in [0.3, 0.4) is 0 Å². The van der Waals surface area contributed by atoms with E-state index < -0.39 is 53.5 Å². The van der Waals surface area contributed by atoms with Crippen LogP contribution in [0.4, 0.5) is 0 Å². The number of amides is 2. The zero-order valence-corrected chi connectivity index (χ0v) is 22.5. The molecule has 4 N–H and O–H groups in total. The van der Waals surface area contributed by atoms with E-state index in [4.69, 9.17) is 16.7 Å². The van der Waals surface area contributed by atoms with Crippen LogP contribution in [0.2, 0.25) is 5.02 Å². The summed E-state index contributed by atoms with van der Waals surface area (Å²) in [7, 11) is 0. The Morgan fingerprint density at radius 1 is 1.12 bits per heavy atom. The van der Waals surface area contributed by atoms with Crippen LogP contribution >= 0.6 is 35.1 Å². The topological polar surface area (TPSA) is 196 Å². The Bertz CT molecular complexity index is 1640. The third-order valence-corrected chi connectivity index (χ3v) is 8.67. The van der Waals surface area contributed by atoms with Gasteiger partial charge in [-0.05, 0) is 35.4 Å². The summed E-state index contributed by atoms with van der Waals surface area (Å²) >= 11 is 8.23. The molecule has 0 bridgehead atoms. The first kappa shape index (κ1) is 27.7. The fraction of sp³-hybridized carbons (Fsp3) is 0.261. The second-order valence-corrected chi connectivity index (χ2v) is 11.2. The Morgan fingerprint density at radius 2 is 1.85 bits per heavy atom. The van der Waals surface area contributed by atoms with Crippen molar-refractivity contribution in [1.29, 1.82) is 0 Å². The molecule has 208 valence electrons. The van der Waals surface area contributed by atoms with Crippen LogP contribution in [0.25, 0.3) is 5.65 Å². The van der Waals surface area contributed by atoms with Gasteiger partial charge in [0.05, 0.1) is 0 Å². The van der Waals surface area contributed by atoms with Crippen molar-refractivity contribution in [3.63, 3.8) is 0 Å². The van der Waals surface area contributed by atoms with Gasteiger partial charge in [0.2, 0.25) is 0 Å². The summed E-state index contributed by atoms with van der Waals surface area (Å²) in [5, 5.41) is 39.9. The highest BCUT2D eigenvalue weighted by atomic mass is 35.5. The van der Waals surface area contributed by atoms with Gasteiger partial charge in [0.15, 0.2) is 11.8 Å². The van der Waals surface area contributed by atoms with Gasteiger partial charge in [0.25, 0.3) is 11.8 Å². The Labute approximate surface area is 237 Å². The number of fused-ring (bicyclic) bond motifs is 2. The number of carbonyl (C=O) groups excluding carboxylic acids is 2. The van der Waals surface area contributed by atoms with Crippen molar-refractivity contribution in [3.8, 4) is 0 Å². The number of hydrogen-bond acceptors (Lipinski definition) is 10. The van der Waals surface area contributed by atoms with E-state index in [9.17, 15) is 34.2 Å². The van der Waals surface area contributed by atoms with Gasteiger partial charge in [-0.1, -0.05) is 23.7 Å². The molecule has 14 nitrogen and oxygen atoms in total. The smallest absolute Gasteiger partial charge is 0.367 e. The Balaban J connectivity index is 1.29. The summed E-state index contributed by atoms with van der Waals surface area (Å²) in [5.74, 6) is -3.59. The normalized spacial score (nSPS) is 19.2. The summed E-state index contributed by atoms with van der Waals surface area (Å²) in [4.78, 5) is 62.1. The summed E-state index contributed by atoms with van der Waals surface area (Å²) in [6.45, 7) is -0.622. The van der Waals surface area contributed by atoms with Crippen molar-refractivity contribution < 1.29 is 34.5 Å². The fourth-order valence-electron chi connectivity index (χ4n) is 4.18. The van der Waals surface area contributed by atoms with Gasteiger partial charge in [-0.3, -0.25) is 19.3 Å². The lowest BCUT2D eigenvalue weighted by atomic mass is 10.0. The number of aliphatic carboxylic acids is 2. The van der Waals surface area contributed by atoms with E-state index in [1.54, 1.807) is 6.07 Å². The van der Waals surface area contributed by atoms with Crippen molar-refractivity contribution in [3.05, 3.63) is 68.7 Å². The number of aromatic nitrogens is 4. The largest absolute Gasteiger partial charge is 0.480 e. The van der Waals surface area contributed by atoms with Crippen LogP contribution in [0.15, 0.2) is 57.5 Å². The highest BCUT2D eigenvalue weighted by molar-refractivity contribution is 8.01. The molecule has 2 amide bonds. The zero-order chi connectivity index (χ0) is 28.7. The summed E-state index contributed by atoms with van der Waals surface area (Å²) in [5.41, 5.74) is -0.0543. The minimum absolute atomic E-state index is 0.133. The van der Waals surface area contributed by atoms with Crippen LogP contribution in [-0.4, -0.2) is 86.3 Å². The average Bonchev–Trinajstić information content (AvgIpc) is 3.23. The third-order valence-electron chi connectivity index (χ3n) is 6.08. The molecule has 4 heterocycles. The van der Waals surface area contributed by atoms with E-state index in [0.717, 1.165) is 25.9 Å².